The molecular weight excluding hydrogens is 751 g/mol. The van der Waals surface area contributed by atoms with Crippen molar-refractivity contribution in [2.75, 3.05) is 41.0 Å². The van der Waals surface area contributed by atoms with E-state index in [1.165, 1.54) is 193 Å². The number of nitrogens with zero attached hydrogens (tertiary/aromatic N) is 1. The van der Waals surface area contributed by atoms with Gasteiger partial charge in [-0.3, -0.25) is 9.59 Å². The van der Waals surface area contributed by atoms with Crippen LogP contribution >= 0.6 is 0 Å². The quantitative estimate of drug-likeness (QED) is 0.0341. The van der Waals surface area contributed by atoms with Crippen LogP contribution in [0.4, 0.5) is 0 Å². The maximum absolute atomic E-state index is 12.8. The van der Waals surface area contributed by atoms with E-state index >= 15 is 0 Å². The van der Waals surface area contributed by atoms with E-state index in [9.17, 15) is 19.5 Å². The number of carboxylic acids is 1. The van der Waals surface area contributed by atoms with E-state index in [-0.39, 0.29) is 42.7 Å². The average molecular weight is 852 g/mol. The summed E-state index contributed by atoms with van der Waals surface area (Å²) in [5, 5.41) is 11.7. The van der Waals surface area contributed by atoms with Crippen molar-refractivity contribution in [3.05, 3.63) is 0 Å². The summed E-state index contributed by atoms with van der Waals surface area (Å²) < 4.78 is 17.3. The number of carbonyl (C=O) groups excluding carboxylic acids is 3. The van der Waals surface area contributed by atoms with E-state index in [2.05, 4.69) is 13.8 Å². The molecule has 2 unspecified atom stereocenters. The normalized spacial score (nSPS) is 12.8. The summed E-state index contributed by atoms with van der Waals surface area (Å²) in [4.78, 5) is 37.0. The molecule has 0 saturated carbocycles. The molecule has 0 radical (unpaired) electrons. The van der Waals surface area contributed by atoms with Gasteiger partial charge in [0.1, 0.15) is 12.6 Å². The molecule has 0 amide bonds. The highest BCUT2D eigenvalue weighted by Gasteiger charge is 2.25. The van der Waals surface area contributed by atoms with Gasteiger partial charge in [-0.1, -0.05) is 232 Å². The largest absolute Gasteiger partial charge is 0.544 e. The van der Waals surface area contributed by atoms with Crippen molar-refractivity contribution >= 4 is 17.9 Å². The van der Waals surface area contributed by atoms with Gasteiger partial charge in [0.15, 0.2) is 6.10 Å². The number of hydrogen-bond donors (Lipinski definition) is 0. The third-order valence-electron chi connectivity index (χ3n) is 12.2. The third kappa shape index (κ3) is 41.7. The predicted molar refractivity (Wildman–Crippen MR) is 250 cm³/mol. The SMILES string of the molecule is CCCCCCCCCCCCCCCCCCCCCCCCC(=O)OC(COCCC(C(=O)[O-])[N+](C)(C)C)COC(=O)CCCCCCCCCCCCCCCC. The summed E-state index contributed by atoms with van der Waals surface area (Å²) in [6, 6.07) is -0.720. The van der Waals surface area contributed by atoms with Gasteiger partial charge in [-0.05, 0) is 12.8 Å². The minimum absolute atomic E-state index is 0.0497. The molecule has 0 aromatic rings. The Hall–Kier alpha value is -1.67. The molecular formula is C52H101NO7. The van der Waals surface area contributed by atoms with Gasteiger partial charge in [0, 0.05) is 19.3 Å². The van der Waals surface area contributed by atoms with Crippen LogP contribution in [-0.4, -0.2) is 75.5 Å². The third-order valence-corrected chi connectivity index (χ3v) is 12.2. The fourth-order valence-electron chi connectivity index (χ4n) is 8.19. The number of likely N-dealkylation sites (N-methyl/N-ethyl adjacent to an activating group) is 1. The summed E-state index contributed by atoms with van der Waals surface area (Å²) in [6.07, 6.45) is 47.0. The number of hydrogen-bond acceptors (Lipinski definition) is 7. The Kier molecular flexibility index (Phi) is 42.7. The monoisotopic (exact) mass is 852 g/mol. The standard InChI is InChI=1S/C52H101NO7/c1-6-8-10-12-14-16-18-20-22-23-24-25-26-27-28-29-31-33-35-37-39-41-43-51(55)60-48(46-58-45-44-49(52(56)57)53(3,4)5)47-59-50(54)42-40-38-36-34-32-30-21-19-17-15-13-11-9-7-2/h48-49H,6-47H2,1-5H3. The van der Waals surface area contributed by atoms with Crippen LogP contribution < -0.4 is 5.11 Å². The van der Waals surface area contributed by atoms with Gasteiger partial charge >= 0.3 is 11.9 Å². The Morgan fingerprint density at radius 1 is 0.433 bits per heavy atom. The zero-order chi connectivity index (χ0) is 44.2. The number of esters is 2. The first-order chi connectivity index (χ1) is 29.1. The number of carboxylic acid groups (broad SMARTS) is 1. The van der Waals surface area contributed by atoms with E-state index in [0.717, 1.165) is 38.5 Å². The maximum Gasteiger partial charge on any atom is 0.306 e. The molecule has 0 rings (SSSR count). The lowest BCUT2D eigenvalue weighted by atomic mass is 10.0. The molecule has 8 nitrogen and oxygen atoms in total. The van der Waals surface area contributed by atoms with E-state index in [1.807, 2.05) is 21.1 Å². The molecule has 0 aliphatic rings. The molecule has 2 atom stereocenters. The first-order valence-electron chi connectivity index (χ1n) is 26.1. The van der Waals surface area contributed by atoms with Crippen LogP contribution in [-0.2, 0) is 28.6 Å². The Balaban J connectivity index is 4.15. The molecule has 0 aliphatic carbocycles. The lowest BCUT2D eigenvalue weighted by molar-refractivity contribution is -0.889. The number of rotatable bonds is 48. The Bertz CT molecular complexity index is 951. The number of unbranched alkanes of at least 4 members (excludes halogenated alkanes) is 34. The summed E-state index contributed by atoms with van der Waals surface area (Å²) in [6.45, 7) is 4.72. The average Bonchev–Trinajstić information content (AvgIpc) is 3.21. The number of aliphatic carboxylic acids is 1. The Morgan fingerprint density at radius 3 is 1.03 bits per heavy atom. The topological polar surface area (TPSA) is 102 Å². The molecule has 8 heteroatoms. The molecule has 356 valence electrons. The summed E-state index contributed by atoms with van der Waals surface area (Å²) >= 11 is 0. The van der Waals surface area contributed by atoms with Crippen LogP contribution in [0.25, 0.3) is 0 Å². The van der Waals surface area contributed by atoms with E-state index in [0.29, 0.717) is 12.8 Å². The zero-order valence-electron chi connectivity index (χ0n) is 40.7. The molecule has 0 bridgehead atoms. The lowest BCUT2D eigenvalue weighted by Crippen LogP contribution is -2.55. The molecule has 0 saturated heterocycles. The summed E-state index contributed by atoms with van der Waals surface area (Å²) in [5.41, 5.74) is 0. The highest BCUT2D eigenvalue weighted by Crippen LogP contribution is 2.17. The van der Waals surface area contributed by atoms with E-state index in [1.54, 1.807) is 0 Å². The molecule has 0 aromatic heterocycles. The van der Waals surface area contributed by atoms with Crippen LogP contribution in [0.15, 0.2) is 0 Å². The highest BCUT2D eigenvalue weighted by atomic mass is 16.6. The van der Waals surface area contributed by atoms with E-state index in [4.69, 9.17) is 14.2 Å². The minimum atomic E-state index is -1.12. The van der Waals surface area contributed by atoms with Crippen molar-refractivity contribution in [3.63, 3.8) is 0 Å². The number of ether oxygens (including phenoxy) is 3. The molecule has 0 heterocycles. The molecule has 0 aromatic carbocycles. The van der Waals surface area contributed by atoms with Gasteiger partial charge in [-0.2, -0.15) is 0 Å². The second kappa shape index (κ2) is 44.0. The Labute approximate surface area is 372 Å². The Morgan fingerprint density at radius 2 is 0.733 bits per heavy atom. The van der Waals surface area contributed by atoms with Crippen LogP contribution in [0.1, 0.15) is 264 Å². The fourth-order valence-corrected chi connectivity index (χ4v) is 8.19. The minimum Gasteiger partial charge on any atom is -0.544 e. The summed E-state index contributed by atoms with van der Waals surface area (Å²) in [5.74, 6) is -1.71. The van der Waals surface area contributed by atoms with Gasteiger partial charge in [-0.15, -0.1) is 0 Å². The molecule has 60 heavy (non-hydrogen) atoms. The van der Waals surface area contributed by atoms with E-state index < -0.39 is 18.1 Å². The van der Waals surface area contributed by atoms with Crippen molar-refractivity contribution < 1.29 is 38.2 Å². The van der Waals surface area contributed by atoms with Gasteiger partial charge in [0.2, 0.25) is 0 Å². The van der Waals surface area contributed by atoms with Crippen molar-refractivity contribution in [2.24, 2.45) is 0 Å². The van der Waals surface area contributed by atoms with Crippen LogP contribution in [0.5, 0.6) is 0 Å². The van der Waals surface area contributed by atoms with Crippen LogP contribution in [0.3, 0.4) is 0 Å². The van der Waals surface area contributed by atoms with Gasteiger partial charge in [0.05, 0.1) is 40.3 Å². The molecule has 0 aliphatic heterocycles. The second-order valence-corrected chi connectivity index (χ2v) is 19.1. The first kappa shape index (κ1) is 58.3. The van der Waals surface area contributed by atoms with Crippen molar-refractivity contribution in [3.8, 4) is 0 Å². The first-order valence-corrected chi connectivity index (χ1v) is 26.1. The predicted octanol–water partition coefficient (Wildman–Crippen LogP) is 13.5. The zero-order valence-corrected chi connectivity index (χ0v) is 40.7. The maximum atomic E-state index is 12.8. The number of carbonyl (C=O) groups is 3. The number of quaternary nitrogens is 1. The molecule has 0 N–H and O–H groups in total. The van der Waals surface area contributed by atoms with Crippen LogP contribution in [0, 0.1) is 0 Å². The van der Waals surface area contributed by atoms with Crippen LogP contribution in [0.2, 0.25) is 0 Å². The van der Waals surface area contributed by atoms with Gasteiger partial charge in [-0.25, -0.2) is 0 Å². The molecule has 0 spiro atoms. The lowest BCUT2D eigenvalue weighted by Gasteiger charge is -2.34. The van der Waals surface area contributed by atoms with Gasteiger partial charge in [0.25, 0.3) is 0 Å². The highest BCUT2D eigenvalue weighted by molar-refractivity contribution is 5.70. The summed E-state index contributed by atoms with van der Waals surface area (Å²) in [7, 11) is 5.43. The fraction of sp³-hybridized carbons (Fsp3) is 0.942. The van der Waals surface area contributed by atoms with Crippen molar-refractivity contribution in [2.45, 2.75) is 276 Å². The molecule has 0 fully saturated rings. The smallest absolute Gasteiger partial charge is 0.306 e. The second-order valence-electron chi connectivity index (χ2n) is 19.1. The van der Waals surface area contributed by atoms with Crippen molar-refractivity contribution in [1.29, 1.82) is 0 Å². The van der Waals surface area contributed by atoms with Gasteiger partial charge < -0.3 is 28.6 Å². The van der Waals surface area contributed by atoms with Crippen molar-refractivity contribution in [1.82, 2.24) is 0 Å².